The van der Waals surface area contributed by atoms with Crippen molar-refractivity contribution in [3.05, 3.63) is 54.1 Å². The van der Waals surface area contributed by atoms with Gasteiger partial charge in [0.15, 0.2) is 0 Å². The van der Waals surface area contributed by atoms with Crippen molar-refractivity contribution in [3.63, 3.8) is 0 Å². The normalized spacial score (nSPS) is 23.1. The maximum absolute atomic E-state index is 12.9. The van der Waals surface area contributed by atoms with Gasteiger partial charge in [-0.05, 0) is 73.2 Å². The van der Waals surface area contributed by atoms with Crippen LogP contribution in [-0.2, 0) is 4.79 Å². The van der Waals surface area contributed by atoms with E-state index in [0.29, 0.717) is 35.3 Å². The van der Waals surface area contributed by atoms with Gasteiger partial charge in [-0.2, -0.15) is 0 Å². The van der Waals surface area contributed by atoms with Crippen molar-refractivity contribution in [2.45, 2.75) is 25.3 Å². The van der Waals surface area contributed by atoms with Crippen LogP contribution in [0.5, 0.6) is 17.2 Å². The summed E-state index contributed by atoms with van der Waals surface area (Å²) in [6, 6.07) is 14.7. The zero-order valence-corrected chi connectivity index (χ0v) is 16.8. The number of nitrogens with one attached hydrogen (secondary N) is 1. The molecule has 1 N–H and O–H groups in total. The minimum Gasteiger partial charge on any atom is -0.497 e. The standard InChI is InChI=1S/C23H26N2O4/c1-25(18-11-16-13-22(26)24-14-17(16)12-18)23(27)15-3-5-20(6-4-15)29-21-9-7-19(28-2)8-10-21/h3-10,16-18H,11-14H2,1-2H3,(H,24,26)/t16-,17+,18-/m1/s1. The summed E-state index contributed by atoms with van der Waals surface area (Å²) < 4.78 is 11.0. The first kappa shape index (κ1) is 19.3. The van der Waals surface area contributed by atoms with Crippen LogP contribution in [-0.4, -0.2) is 43.5 Å². The Morgan fingerprint density at radius 3 is 2.21 bits per heavy atom. The Bertz CT molecular complexity index is 879. The van der Waals surface area contributed by atoms with E-state index < -0.39 is 0 Å². The van der Waals surface area contributed by atoms with Gasteiger partial charge >= 0.3 is 0 Å². The Balaban J connectivity index is 1.38. The van der Waals surface area contributed by atoms with Crippen LogP contribution in [0.15, 0.2) is 48.5 Å². The number of benzene rings is 2. The molecule has 152 valence electrons. The maximum Gasteiger partial charge on any atom is 0.253 e. The second-order valence-corrected chi connectivity index (χ2v) is 7.87. The van der Waals surface area contributed by atoms with Crippen molar-refractivity contribution in [1.29, 1.82) is 0 Å². The van der Waals surface area contributed by atoms with Gasteiger partial charge in [0.25, 0.3) is 5.91 Å². The van der Waals surface area contributed by atoms with E-state index in [1.807, 2.05) is 48.3 Å². The molecule has 0 radical (unpaired) electrons. The molecule has 2 aliphatic rings. The van der Waals surface area contributed by atoms with Gasteiger partial charge in [0.05, 0.1) is 7.11 Å². The van der Waals surface area contributed by atoms with Crippen molar-refractivity contribution in [1.82, 2.24) is 10.2 Å². The number of amides is 2. The Kier molecular flexibility index (Phi) is 5.43. The molecule has 2 aromatic rings. The minimum absolute atomic E-state index is 0.00364. The fourth-order valence-corrected chi connectivity index (χ4v) is 4.37. The topological polar surface area (TPSA) is 67.9 Å². The molecule has 0 unspecified atom stereocenters. The highest BCUT2D eigenvalue weighted by Crippen LogP contribution is 2.38. The zero-order valence-electron chi connectivity index (χ0n) is 16.8. The summed E-state index contributed by atoms with van der Waals surface area (Å²) in [6.45, 7) is 0.736. The quantitative estimate of drug-likeness (QED) is 0.843. The van der Waals surface area contributed by atoms with E-state index in [1.165, 1.54) is 0 Å². The van der Waals surface area contributed by atoms with Crippen molar-refractivity contribution >= 4 is 11.8 Å². The lowest BCUT2D eigenvalue weighted by atomic mass is 9.89. The predicted octanol–water partition coefficient (Wildman–Crippen LogP) is 3.47. The number of piperidine rings is 1. The Morgan fingerprint density at radius 2 is 1.55 bits per heavy atom. The number of fused-ring (bicyclic) bond motifs is 1. The molecular formula is C23H26N2O4. The molecule has 0 aromatic heterocycles. The van der Waals surface area contributed by atoms with Gasteiger partial charge in [0.1, 0.15) is 17.2 Å². The minimum atomic E-state index is 0.00364. The lowest BCUT2D eigenvalue weighted by Gasteiger charge is -2.25. The molecule has 1 aliphatic carbocycles. The number of carbonyl (C=O) groups excluding carboxylic acids is 2. The van der Waals surface area contributed by atoms with Crippen LogP contribution in [0, 0.1) is 11.8 Å². The first-order valence-corrected chi connectivity index (χ1v) is 9.99. The van der Waals surface area contributed by atoms with Gasteiger partial charge in [-0.1, -0.05) is 0 Å². The molecule has 1 heterocycles. The second-order valence-electron chi connectivity index (χ2n) is 7.87. The third-order valence-electron chi connectivity index (χ3n) is 6.09. The van der Waals surface area contributed by atoms with E-state index in [-0.39, 0.29) is 17.9 Å². The fraction of sp³-hybridized carbons (Fsp3) is 0.391. The van der Waals surface area contributed by atoms with Crippen LogP contribution in [0.2, 0.25) is 0 Å². The second kappa shape index (κ2) is 8.15. The molecule has 0 bridgehead atoms. The number of rotatable bonds is 5. The molecule has 3 atom stereocenters. The first-order valence-electron chi connectivity index (χ1n) is 9.99. The Hall–Kier alpha value is -3.02. The third kappa shape index (κ3) is 4.21. The number of hydrogen-bond acceptors (Lipinski definition) is 4. The molecule has 6 nitrogen and oxygen atoms in total. The summed E-state index contributed by atoms with van der Waals surface area (Å²) in [4.78, 5) is 26.4. The monoisotopic (exact) mass is 394 g/mol. The van der Waals surface area contributed by atoms with Gasteiger partial charge < -0.3 is 19.7 Å². The van der Waals surface area contributed by atoms with E-state index in [0.717, 1.165) is 25.1 Å². The number of methoxy groups -OCH3 is 1. The van der Waals surface area contributed by atoms with Crippen molar-refractivity contribution in [3.8, 4) is 17.2 Å². The van der Waals surface area contributed by atoms with E-state index in [1.54, 1.807) is 19.2 Å². The molecule has 2 fully saturated rings. The lowest BCUT2D eigenvalue weighted by Crippen LogP contribution is -2.38. The molecular weight excluding hydrogens is 368 g/mol. The highest BCUT2D eigenvalue weighted by atomic mass is 16.5. The van der Waals surface area contributed by atoms with Crippen molar-refractivity contribution < 1.29 is 19.1 Å². The molecule has 1 aliphatic heterocycles. The van der Waals surface area contributed by atoms with E-state index in [2.05, 4.69) is 5.32 Å². The predicted molar refractivity (Wildman–Crippen MR) is 109 cm³/mol. The van der Waals surface area contributed by atoms with Gasteiger partial charge in [0.2, 0.25) is 5.91 Å². The van der Waals surface area contributed by atoms with E-state index in [4.69, 9.17) is 9.47 Å². The fourth-order valence-electron chi connectivity index (χ4n) is 4.37. The summed E-state index contributed by atoms with van der Waals surface area (Å²) in [6.07, 6.45) is 2.44. The molecule has 1 saturated carbocycles. The van der Waals surface area contributed by atoms with Crippen molar-refractivity contribution in [2.75, 3.05) is 20.7 Å². The Labute approximate surface area is 170 Å². The van der Waals surface area contributed by atoms with Gasteiger partial charge in [0, 0.05) is 31.6 Å². The molecule has 6 heteroatoms. The van der Waals surface area contributed by atoms with Crippen LogP contribution in [0.25, 0.3) is 0 Å². The molecule has 29 heavy (non-hydrogen) atoms. The zero-order chi connectivity index (χ0) is 20.4. The smallest absolute Gasteiger partial charge is 0.253 e. The van der Waals surface area contributed by atoms with Crippen LogP contribution in [0.1, 0.15) is 29.6 Å². The molecule has 2 aromatic carbocycles. The summed E-state index contributed by atoms with van der Waals surface area (Å²) in [5.41, 5.74) is 0.638. The van der Waals surface area contributed by atoms with Gasteiger partial charge in [-0.15, -0.1) is 0 Å². The molecule has 2 amide bonds. The SMILES string of the molecule is COc1ccc(Oc2ccc(C(=O)N(C)[C@H]3C[C@H]4CNC(=O)C[C@H]4C3)cc2)cc1. The highest BCUT2D eigenvalue weighted by Gasteiger charge is 2.40. The first-order chi connectivity index (χ1) is 14.0. The van der Waals surface area contributed by atoms with E-state index in [9.17, 15) is 9.59 Å². The largest absolute Gasteiger partial charge is 0.497 e. The number of ether oxygens (including phenoxy) is 2. The molecule has 1 saturated heterocycles. The van der Waals surface area contributed by atoms with Crippen LogP contribution in [0.4, 0.5) is 0 Å². The van der Waals surface area contributed by atoms with Crippen LogP contribution < -0.4 is 14.8 Å². The lowest BCUT2D eigenvalue weighted by molar-refractivity contribution is -0.124. The van der Waals surface area contributed by atoms with Gasteiger partial charge in [-0.3, -0.25) is 9.59 Å². The van der Waals surface area contributed by atoms with Crippen molar-refractivity contribution in [2.24, 2.45) is 11.8 Å². The van der Waals surface area contributed by atoms with E-state index >= 15 is 0 Å². The maximum atomic E-state index is 12.9. The third-order valence-corrected chi connectivity index (χ3v) is 6.09. The van der Waals surface area contributed by atoms with Crippen LogP contribution >= 0.6 is 0 Å². The average Bonchev–Trinajstić information content (AvgIpc) is 3.17. The number of carbonyl (C=O) groups is 2. The summed E-state index contributed by atoms with van der Waals surface area (Å²) in [5.74, 6) is 3.16. The van der Waals surface area contributed by atoms with Gasteiger partial charge in [-0.25, -0.2) is 0 Å². The molecule has 4 rings (SSSR count). The summed E-state index contributed by atoms with van der Waals surface area (Å²) in [7, 11) is 3.49. The summed E-state index contributed by atoms with van der Waals surface area (Å²) in [5, 5.41) is 2.94. The number of nitrogens with zero attached hydrogens (tertiary/aromatic N) is 1. The summed E-state index contributed by atoms with van der Waals surface area (Å²) >= 11 is 0. The highest BCUT2D eigenvalue weighted by molar-refractivity contribution is 5.94. The molecule has 0 spiro atoms. The number of hydrogen-bond donors (Lipinski definition) is 1. The average molecular weight is 394 g/mol. The Morgan fingerprint density at radius 1 is 0.966 bits per heavy atom. The van der Waals surface area contributed by atoms with Crippen LogP contribution in [0.3, 0.4) is 0 Å².